The van der Waals surface area contributed by atoms with Crippen LogP contribution < -0.4 is 9.47 Å². The Morgan fingerprint density at radius 3 is 2.64 bits per heavy atom. The second kappa shape index (κ2) is 7.91. The van der Waals surface area contributed by atoms with Gasteiger partial charge < -0.3 is 18.6 Å². The van der Waals surface area contributed by atoms with Crippen LogP contribution in [0, 0.1) is 0 Å². The van der Waals surface area contributed by atoms with Gasteiger partial charge in [0.25, 0.3) is 0 Å². The molecule has 0 spiro atoms. The molecule has 0 aliphatic rings. The van der Waals surface area contributed by atoms with Gasteiger partial charge in [0.15, 0.2) is 18.1 Å². The van der Waals surface area contributed by atoms with Crippen LogP contribution in [-0.4, -0.2) is 38.0 Å². The number of benzene rings is 1. The summed E-state index contributed by atoms with van der Waals surface area (Å²) < 4.78 is 56.7. The monoisotopic (exact) mass is 359 g/mol. The van der Waals surface area contributed by atoms with Crippen molar-refractivity contribution >= 4 is 5.97 Å². The molecular weight excluding hydrogens is 343 g/mol. The first-order chi connectivity index (χ1) is 11.8. The molecule has 136 valence electrons. The first-order valence-electron chi connectivity index (χ1n) is 7.21. The fraction of sp³-hybridized carbons (Fsp3) is 0.375. The number of ether oxygens (including phenoxy) is 3. The summed E-state index contributed by atoms with van der Waals surface area (Å²) in [6.07, 6.45) is -2.63. The first-order valence-corrected chi connectivity index (χ1v) is 7.21. The Balaban J connectivity index is 2.16. The fourth-order valence-corrected chi connectivity index (χ4v) is 1.97. The molecule has 9 heteroatoms. The zero-order valence-corrected chi connectivity index (χ0v) is 13.6. The van der Waals surface area contributed by atoms with E-state index >= 15 is 0 Å². The molecule has 2 aromatic rings. The molecule has 1 aromatic carbocycles. The number of esters is 1. The molecule has 0 amide bonds. The van der Waals surface area contributed by atoms with Crippen molar-refractivity contribution in [3.8, 4) is 23.0 Å². The lowest BCUT2D eigenvalue weighted by molar-refractivity contribution is -0.153. The van der Waals surface area contributed by atoms with Crippen LogP contribution in [0.15, 0.2) is 28.9 Å². The maximum Gasteiger partial charge on any atom is 0.422 e. The van der Waals surface area contributed by atoms with Crippen molar-refractivity contribution in [1.82, 2.24) is 4.98 Å². The number of carbonyl (C=O) groups excluding carboxylic acids is 1. The summed E-state index contributed by atoms with van der Waals surface area (Å²) >= 11 is 0. The van der Waals surface area contributed by atoms with Gasteiger partial charge in [-0.3, -0.25) is 4.79 Å². The van der Waals surface area contributed by atoms with Crippen molar-refractivity contribution in [2.75, 3.05) is 20.8 Å². The smallest absolute Gasteiger partial charge is 0.422 e. The number of nitrogens with zero attached hydrogens (tertiary/aromatic N) is 1. The molecule has 0 saturated heterocycles. The molecule has 0 aliphatic carbocycles. The van der Waals surface area contributed by atoms with E-state index in [1.807, 2.05) is 0 Å². The van der Waals surface area contributed by atoms with Crippen molar-refractivity contribution in [3.63, 3.8) is 0 Å². The Morgan fingerprint density at radius 1 is 1.24 bits per heavy atom. The molecule has 1 heterocycles. The molecule has 0 N–H and O–H groups in total. The second-order valence-electron chi connectivity index (χ2n) is 4.99. The molecule has 0 radical (unpaired) electrons. The highest BCUT2D eigenvalue weighted by Crippen LogP contribution is 2.33. The van der Waals surface area contributed by atoms with Gasteiger partial charge in [-0.2, -0.15) is 13.2 Å². The van der Waals surface area contributed by atoms with E-state index in [2.05, 4.69) is 9.72 Å². The third-order valence-electron chi connectivity index (χ3n) is 3.17. The highest BCUT2D eigenvalue weighted by Gasteiger charge is 2.29. The largest absolute Gasteiger partial charge is 0.493 e. The van der Waals surface area contributed by atoms with Crippen LogP contribution in [0.4, 0.5) is 13.2 Å². The maximum atomic E-state index is 12.3. The number of aryl methyl sites for hydroxylation is 1. The molecule has 1 aromatic heterocycles. The summed E-state index contributed by atoms with van der Waals surface area (Å²) in [5, 5.41) is 0. The summed E-state index contributed by atoms with van der Waals surface area (Å²) in [5.41, 5.74) is 0.941. The number of methoxy groups -OCH3 is 2. The highest BCUT2D eigenvalue weighted by molar-refractivity contribution is 5.69. The van der Waals surface area contributed by atoms with Gasteiger partial charge in [0.05, 0.1) is 26.3 Å². The first kappa shape index (κ1) is 18.6. The van der Waals surface area contributed by atoms with E-state index in [9.17, 15) is 18.0 Å². The van der Waals surface area contributed by atoms with Gasteiger partial charge in [-0.25, -0.2) is 4.98 Å². The summed E-state index contributed by atoms with van der Waals surface area (Å²) in [6, 6.07) is 4.38. The predicted octanol–water partition coefficient (Wildman–Crippen LogP) is 3.40. The Kier molecular flexibility index (Phi) is 5.89. The van der Waals surface area contributed by atoms with Gasteiger partial charge in [0, 0.05) is 12.0 Å². The topological polar surface area (TPSA) is 70.8 Å². The highest BCUT2D eigenvalue weighted by atomic mass is 19.4. The fourth-order valence-electron chi connectivity index (χ4n) is 1.97. The van der Waals surface area contributed by atoms with Gasteiger partial charge >= 0.3 is 12.1 Å². The predicted molar refractivity (Wildman–Crippen MR) is 80.4 cm³/mol. The number of hydrogen-bond acceptors (Lipinski definition) is 6. The van der Waals surface area contributed by atoms with Crippen LogP contribution in [0.3, 0.4) is 0 Å². The number of alkyl halides is 3. The molecule has 25 heavy (non-hydrogen) atoms. The van der Waals surface area contributed by atoms with Crippen LogP contribution in [0.25, 0.3) is 11.5 Å². The minimum atomic E-state index is -4.47. The number of oxazole rings is 1. The average molecular weight is 359 g/mol. The minimum Gasteiger partial charge on any atom is -0.493 e. The van der Waals surface area contributed by atoms with E-state index < -0.39 is 12.8 Å². The molecule has 2 rings (SSSR count). The number of carbonyl (C=O) groups is 1. The third kappa shape index (κ3) is 5.40. The Bertz CT molecular complexity index is 727. The van der Waals surface area contributed by atoms with Crippen LogP contribution in [0.1, 0.15) is 12.1 Å². The standard InChI is InChI=1S/C16H16F3NO5/c1-22-12-5-3-10(7-13(12)25-9-16(17,18)19)15-20-11(8-24-15)4-6-14(21)23-2/h3,5,7-8H,4,6,9H2,1-2H3. The third-order valence-corrected chi connectivity index (χ3v) is 3.17. The normalized spacial score (nSPS) is 11.2. The maximum absolute atomic E-state index is 12.3. The van der Waals surface area contributed by atoms with Gasteiger partial charge in [-0.15, -0.1) is 0 Å². The molecule has 0 unspecified atom stereocenters. The number of aromatic nitrogens is 1. The van der Waals surface area contributed by atoms with Crippen molar-refractivity contribution in [1.29, 1.82) is 0 Å². The van der Waals surface area contributed by atoms with Crippen LogP contribution in [0.5, 0.6) is 11.5 Å². The Labute approximate surface area is 141 Å². The zero-order valence-electron chi connectivity index (χ0n) is 13.6. The lowest BCUT2D eigenvalue weighted by Crippen LogP contribution is -2.19. The molecule has 0 aliphatic heterocycles. The van der Waals surface area contributed by atoms with Gasteiger partial charge in [0.1, 0.15) is 6.26 Å². The summed E-state index contributed by atoms with van der Waals surface area (Å²) in [4.78, 5) is 15.3. The van der Waals surface area contributed by atoms with Crippen molar-refractivity contribution in [3.05, 3.63) is 30.2 Å². The zero-order chi connectivity index (χ0) is 18.4. The summed E-state index contributed by atoms with van der Waals surface area (Å²) in [7, 11) is 2.61. The van der Waals surface area contributed by atoms with Crippen LogP contribution in [-0.2, 0) is 16.0 Å². The van der Waals surface area contributed by atoms with E-state index in [1.54, 1.807) is 6.07 Å². The molecule has 0 saturated carbocycles. The van der Waals surface area contributed by atoms with E-state index in [0.717, 1.165) is 0 Å². The van der Waals surface area contributed by atoms with Crippen molar-refractivity contribution in [2.24, 2.45) is 0 Å². The van der Waals surface area contributed by atoms with Crippen LogP contribution >= 0.6 is 0 Å². The molecule has 0 bridgehead atoms. The summed E-state index contributed by atoms with van der Waals surface area (Å²) in [5.74, 6) is -0.103. The van der Waals surface area contributed by atoms with Gasteiger partial charge in [-0.05, 0) is 18.2 Å². The average Bonchev–Trinajstić information content (AvgIpc) is 3.05. The number of hydrogen-bond donors (Lipinski definition) is 0. The van der Waals surface area contributed by atoms with Crippen molar-refractivity contribution in [2.45, 2.75) is 19.0 Å². The quantitative estimate of drug-likeness (QED) is 0.706. The van der Waals surface area contributed by atoms with Gasteiger partial charge in [-0.1, -0.05) is 0 Å². The lowest BCUT2D eigenvalue weighted by atomic mass is 10.2. The number of halogens is 3. The van der Waals surface area contributed by atoms with Crippen LogP contribution in [0.2, 0.25) is 0 Å². The Morgan fingerprint density at radius 2 is 2.00 bits per heavy atom. The lowest BCUT2D eigenvalue weighted by Gasteiger charge is -2.13. The van der Waals surface area contributed by atoms with E-state index in [-0.39, 0.29) is 29.8 Å². The van der Waals surface area contributed by atoms with E-state index in [4.69, 9.17) is 13.9 Å². The number of rotatable bonds is 7. The van der Waals surface area contributed by atoms with Gasteiger partial charge in [0.2, 0.25) is 5.89 Å². The van der Waals surface area contributed by atoms with E-state index in [1.165, 1.54) is 32.6 Å². The summed E-state index contributed by atoms with van der Waals surface area (Å²) in [6.45, 7) is -1.44. The molecular formula is C16H16F3NO5. The Hall–Kier alpha value is -2.71. The second-order valence-corrected chi connectivity index (χ2v) is 4.99. The minimum absolute atomic E-state index is 0.0772. The molecule has 0 fully saturated rings. The molecule has 0 atom stereocenters. The van der Waals surface area contributed by atoms with E-state index in [0.29, 0.717) is 17.7 Å². The SMILES string of the molecule is COC(=O)CCc1coc(-c2ccc(OC)c(OCC(F)(F)F)c2)n1. The molecule has 6 nitrogen and oxygen atoms in total. The van der Waals surface area contributed by atoms with Crippen molar-refractivity contribution < 1.29 is 36.6 Å².